The van der Waals surface area contributed by atoms with Crippen molar-refractivity contribution in [3.05, 3.63) is 83.9 Å². The SMILES string of the molecule is CSc1ccc(CNc2nc(-c3nnc(-c4ccc(C)cc4)o3)nc3ccccc23)cc1. The number of thioether (sulfide) groups is 1. The number of anilines is 1. The topological polar surface area (TPSA) is 76.7 Å². The highest BCUT2D eigenvalue weighted by Gasteiger charge is 2.16. The molecule has 0 radical (unpaired) electrons. The van der Waals surface area contributed by atoms with E-state index in [9.17, 15) is 0 Å². The van der Waals surface area contributed by atoms with E-state index in [1.807, 2.05) is 55.5 Å². The van der Waals surface area contributed by atoms with Crippen LogP contribution in [0.15, 0.2) is 82.1 Å². The van der Waals surface area contributed by atoms with Crippen molar-refractivity contribution in [3.8, 4) is 23.2 Å². The molecule has 0 aliphatic rings. The molecule has 0 aliphatic carbocycles. The van der Waals surface area contributed by atoms with Crippen molar-refractivity contribution < 1.29 is 4.42 Å². The predicted molar refractivity (Wildman–Crippen MR) is 129 cm³/mol. The minimum Gasteiger partial charge on any atom is -0.413 e. The molecule has 0 aliphatic heterocycles. The molecule has 2 aromatic heterocycles. The zero-order chi connectivity index (χ0) is 21.9. The maximum absolute atomic E-state index is 5.91. The summed E-state index contributed by atoms with van der Waals surface area (Å²) in [6, 6.07) is 24.3. The van der Waals surface area contributed by atoms with Crippen molar-refractivity contribution in [1.82, 2.24) is 20.2 Å². The van der Waals surface area contributed by atoms with E-state index in [1.165, 1.54) is 16.0 Å². The normalized spacial score (nSPS) is 11.1. The molecule has 158 valence electrons. The zero-order valence-electron chi connectivity index (χ0n) is 17.7. The summed E-state index contributed by atoms with van der Waals surface area (Å²) in [5.74, 6) is 1.86. The van der Waals surface area contributed by atoms with Crippen molar-refractivity contribution >= 4 is 28.5 Å². The molecule has 0 unspecified atom stereocenters. The van der Waals surface area contributed by atoms with Crippen LogP contribution in [-0.2, 0) is 6.54 Å². The van der Waals surface area contributed by atoms with Gasteiger partial charge in [0.05, 0.1) is 5.52 Å². The van der Waals surface area contributed by atoms with Crippen molar-refractivity contribution in [2.45, 2.75) is 18.4 Å². The molecule has 6 nitrogen and oxygen atoms in total. The van der Waals surface area contributed by atoms with E-state index in [2.05, 4.69) is 51.0 Å². The summed E-state index contributed by atoms with van der Waals surface area (Å²) in [6.45, 7) is 2.69. The molecule has 1 N–H and O–H groups in total. The van der Waals surface area contributed by atoms with Gasteiger partial charge in [-0.2, -0.15) is 0 Å². The lowest BCUT2D eigenvalue weighted by Crippen LogP contribution is -2.04. The second-order valence-electron chi connectivity index (χ2n) is 7.39. The maximum Gasteiger partial charge on any atom is 0.286 e. The summed E-state index contributed by atoms with van der Waals surface area (Å²) in [5.41, 5.74) is 4.02. The van der Waals surface area contributed by atoms with E-state index in [1.54, 1.807) is 11.8 Å². The molecule has 0 bridgehead atoms. The molecule has 32 heavy (non-hydrogen) atoms. The van der Waals surface area contributed by atoms with Crippen LogP contribution in [0.5, 0.6) is 0 Å². The highest BCUT2D eigenvalue weighted by Crippen LogP contribution is 2.27. The monoisotopic (exact) mass is 439 g/mol. The van der Waals surface area contributed by atoms with Gasteiger partial charge in [0, 0.05) is 22.4 Å². The summed E-state index contributed by atoms with van der Waals surface area (Å²) in [7, 11) is 0. The number of benzene rings is 3. The number of nitrogens with one attached hydrogen (secondary N) is 1. The minimum absolute atomic E-state index is 0.290. The van der Waals surface area contributed by atoms with Gasteiger partial charge < -0.3 is 9.73 Å². The molecule has 3 aromatic carbocycles. The number of hydrogen-bond acceptors (Lipinski definition) is 7. The van der Waals surface area contributed by atoms with Crippen LogP contribution in [0, 0.1) is 6.92 Å². The van der Waals surface area contributed by atoms with Crippen LogP contribution in [0.3, 0.4) is 0 Å². The summed E-state index contributed by atoms with van der Waals surface area (Å²) >= 11 is 1.73. The second-order valence-corrected chi connectivity index (χ2v) is 8.27. The van der Waals surface area contributed by atoms with Gasteiger partial charge in [0.2, 0.25) is 11.7 Å². The molecule has 0 spiro atoms. The molecule has 5 aromatic rings. The number of rotatable bonds is 6. The first-order valence-electron chi connectivity index (χ1n) is 10.2. The van der Waals surface area contributed by atoms with Crippen molar-refractivity contribution in [1.29, 1.82) is 0 Å². The molecule has 0 saturated carbocycles. The summed E-state index contributed by atoms with van der Waals surface area (Å²) in [5, 5.41) is 12.8. The third-order valence-electron chi connectivity index (χ3n) is 5.14. The Labute approximate surface area is 190 Å². The van der Waals surface area contributed by atoms with Crippen LogP contribution in [0.2, 0.25) is 0 Å². The summed E-state index contributed by atoms with van der Waals surface area (Å²) < 4.78 is 5.91. The van der Waals surface area contributed by atoms with Gasteiger partial charge in [0.1, 0.15) is 5.82 Å². The van der Waals surface area contributed by atoms with E-state index in [-0.39, 0.29) is 0 Å². The predicted octanol–water partition coefficient (Wildman–Crippen LogP) is 5.99. The molecular weight excluding hydrogens is 418 g/mol. The van der Waals surface area contributed by atoms with Crippen LogP contribution < -0.4 is 5.32 Å². The molecule has 0 saturated heterocycles. The average Bonchev–Trinajstić information content (AvgIpc) is 3.33. The standard InChI is InChI=1S/C25H21N5OS/c1-16-7-11-18(12-8-16)24-29-30-25(31-24)23-27-21-6-4-3-5-20(21)22(28-23)26-15-17-9-13-19(32-2)14-10-17/h3-14H,15H2,1-2H3,(H,26,27,28). The van der Waals surface area contributed by atoms with Gasteiger partial charge in [0.25, 0.3) is 5.89 Å². The van der Waals surface area contributed by atoms with Crippen molar-refractivity contribution in [3.63, 3.8) is 0 Å². The molecule has 0 amide bonds. The largest absolute Gasteiger partial charge is 0.413 e. The van der Waals surface area contributed by atoms with Crippen LogP contribution >= 0.6 is 11.8 Å². The van der Waals surface area contributed by atoms with E-state index in [0.717, 1.165) is 22.3 Å². The summed E-state index contributed by atoms with van der Waals surface area (Å²) in [6.07, 6.45) is 2.07. The molecular formula is C25H21N5OS. The number of fused-ring (bicyclic) bond motifs is 1. The smallest absolute Gasteiger partial charge is 0.286 e. The Balaban J connectivity index is 1.47. The number of aryl methyl sites for hydroxylation is 1. The van der Waals surface area contributed by atoms with Gasteiger partial charge in [-0.25, -0.2) is 9.97 Å². The number of para-hydroxylation sites is 1. The molecule has 7 heteroatoms. The first-order valence-corrected chi connectivity index (χ1v) is 11.5. The van der Waals surface area contributed by atoms with Gasteiger partial charge in [0.15, 0.2) is 0 Å². The first-order chi connectivity index (χ1) is 15.7. The fourth-order valence-electron chi connectivity index (χ4n) is 3.36. The maximum atomic E-state index is 5.91. The van der Waals surface area contributed by atoms with Gasteiger partial charge in [-0.15, -0.1) is 22.0 Å². The number of nitrogens with zero attached hydrogens (tertiary/aromatic N) is 4. The van der Waals surface area contributed by atoms with Crippen LogP contribution in [0.25, 0.3) is 34.1 Å². The Bertz CT molecular complexity index is 1360. The lowest BCUT2D eigenvalue weighted by molar-refractivity contribution is 0.579. The lowest BCUT2D eigenvalue weighted by atomic mass is 10.1. The Hall–Kier alpha value is -3.71. The van der Waals surface area contributed by atoms with Crippen LogP contribution in [0.1, 0.15) is 11.1 Å². The van der Waals surface area contributed by atoms with E-state index >= 15 is 0 Å². The molecule has 5 rings (SSSR count). The minimum atomic E-state index is 0.290. The van der Waals surface area contributed by atoms with Crippen molar-refractivity contribution in [2.24, 2.45) is 0 Å². The van der Waals surface area contributed by atoms with Crippen LogP contribution in [0.4, 0.5) is 5.82 Å². The molecule has 0 fully saturated rings. The van der Waals surface area contributed by atoms with E-state index in [4.69, 9.17) is 9.40 Å². The Morgan fingerprint density at radius 3 is 2.38 bits per heavy atom. The fourth-order valence-corrected chi connectivity index (χ4v) is 3.77. The average molecular weight is 440 g/mol. The molecule has 2 heterocycles. The molecule has 0 atom stereocenters. The third kappa shape index (κ3) is 4.20. The Morgan fingerprint density at radius 1 is 0.844 bits per heavy atom. The second kappa shape index (κ2) is 8.80. The van der Waals surface area contributed by atoms with Gasteiger partial charge in [-0.1, -0.05) is 42.0 Å². The summed E-state index contributed by atoms with van der Waals surface area (Å²) in [4.78, 5) is 10.6. The fraction of sp³-hybridized carbons (Fsp3) is 0.120. The quantitative estimate of drug-likeness (QED) is 0.326. The van der Waals surface area contributed by atoms with Gasteiger partial charge in [-0.05, 0) is 55.1 Å². The van der Waals surface area contributed by atoms with Gasteiger partial charge in [-0.3, -0.25) is 0 Å². The van der Waals surface area contributed by atoms with E-state index in [0.29, 0.717) is 24.2 Å². The van der Waals surface area contributed by atoms with Crippen LogP contribution in [-0.4, -0.2) is 26.4 Å². The highest BCUT2D eigenvalue weighted by molar-refractivity contribution is 7.98. The Kier molecular flexibility index (Phi) is 5.56. The number of aromatic nitrogens is 4. The lowest BCUT2D eigenvalue weighted by Gasteiger charge is -2.10. The number of hydrogen-bond donors (Lipinski definition) is 1. The first kappa shape index (κ1) is 20.2. The van der Waals surface area contributed by atoms with E-state index < -0.39 is 0 Å². The zero-order valence-corrected chi connectivity index (χ0v) is 18.6. The third-order valence-corrected chi connectivity index (χ3v) is 5.88. The highest BCUT2D eigenvalue weighted by atomic mass is 32.2. The Morgan fingerprint density at radius 2 is 1.59 bits per heavy atom. The van der Waals surface area contributed by atoms with Gasteiger partial charge >= 0.3 is 0 Å². The van der Waals surface area contributed by atoms with Crippen molar-refractivity contribution in [2.75, 3.05) is 11.6 Å².